The molecule has 2 heterocycles. The van der Waals surface area contributed by atoms with Crippen molar-refractivity contribution in [3.05, 3.63) is 5.89 Å². The maximum atomic E-state index is 12.7. The molecule has 2 fully saturated rings. The molecule has 10 heteroatoms. The lowest BCUT2D eigenvalue weighted by molar-refractivity contribution is -0.162. The highest BCUT2D eigenvalue weighted by Crippen LogP contribution is 2.40. The minimum atomic E-state index is -4.71. The Balaban J connectivity index is 1.71. The van der Waals surface area contributed by atoms with Crippen molar-refractivity contribution in [1.29, 1.82) is 0 Å². The highest BCUT2D eigenvalue weighted by molar-refractivity contribution is 5.96. The van der Waals surface area contributed by atoms with Crippen LogP contribution in [-0.4, -0.2) is 57.0 Å². The van der Waals surface area contributed by atoms with Crippen LogP contribution in [0.2, 0.25) is 0 Å². The quantitative estimate of drug-likeness (QED) is 0.841. The number of hydrogen-bond acceptors (Lipinski definition) is 6. The number of carbonyl (C=O) groups excluding carboxylic acids is 1. The number of aliphatic hydroxyl groups is 1. The van der Waals surface area contributed by atoms with Crippen LogP contribution in [0.5, 0.6) is 0 Å². The molecular formula is C14H19F3N4O3. The number of nitrogens with one attached hydrogen (secondary N) is 1. The van der Waals surface area contributed by atoms with Gasteiger partial charge in [-0.1, -0.05) is 5.10 Å². The van der Waals surface area contributed by atoms with Gasteiger partial charge in [0.2, 0.25) is 11.8 Å². The number of amides is 1. The van der Waals surface area contributed by atoms with Crippen LogP contribution < -0.4 is 5.32 Å². The van der Waals surface area contributed by atoms with Crippen LogP contribution in [0, 0.1) is 0 Å². The Kier molecular flexibility index (Phi) is 4.28. The van der Waals surface area contributed by atoms with Crippen LogP contribution in [0.4, 0.5) is 19.2 Å². The van der Waals surface area contributed by atoms with Gasteiger partial charge in [-0.2, -0.15) is 13.2 Å². The largest absolute Gasteiger partial charge is 0.407 e. The monoisotopic (exact) mass is 348 g/mol. The highest BCUT2D eigenvalue weighted by atomic mass is 19.4. The van der Waals surface area contributed by atoms with Gasteiger partial charge in [0.05, 0.1) is 12.1 Å². The Morgan fingerprint density at radius 2 is 2.21 bits per heavy atom. The van der Waals surface area contributed by atoms with E-state index in [1.807, 2.05) is 6.92 Å². The van der Waals surface area contributed by atoms with E-state index >= 15 is 0 Å². The average molecular weight is 348 g/mol. The SMILES string of the molecule is CC1(C(=O)Nc2nnc(C(CO)C(F)(F)F)o2)CCCN1C1CC1. The number of aliphatic hydroxyl groups excluding tert-OH is 1. The summed E-state index contributed by atoms with van der Waals surface area (Å²) in [5.41, 5.74) is -0.726. The zero-order valence-corrected chi connectivity index (χ0v) is 13.1. The van der Waals surface area contributed by atoms with Crippen molar-refractivity contribution in [2.45, 2.75) is 56.3 Å². The van der Waals surface area contributed by atoms with E-state index < -0.39 is 30.1 Å². The van der Waals surface area contributed by atoms with Crippen molar-refractivity contribution in [2.75, 3.05) is 18.5 Å². The standard InChI is InChI=1S/C14H19F3N4O3/c1-13(5-2-6-21(13)8-3-4-8)11(23)18-12-20-19-10(24-12)9(7-22)14(15,16)17/h8-9,22H,2-7H2,1H3,(H,18,20,23). The van der Waals surface area contributed by atoms with Crippen LogP contribution in [0.1, 0.15) is 44.4 Å². The van der Waals surface area contributed by atoms with Crippen molar-refractivity contribution >= 4 is 11.9 Å². The third-order valence-corrected chi connectivity index (χ3v) is 4.71. The molecule has 1 amide bonds. The predicted octanol–water partition coefficient (Wildman–Crippen LogP) is 1.66. The second-order valence-corrected chi connectivity index (χ2v) is 6.48. The summed E-state index contributed by atoms with van der Waals surface area (Å²) in [6, 6.07) is 0.00654. The molecule has 3 rings (SSSR count). The first-order valence-electron chi connectivity index (χ1n) is 7.85. The Labute approximate surface area is 136 Å². The van der Waals surface area contributed by atoms with Gasteiger partial charge >= 0.3 is 12.2 Å². The lowest BCUT2D eigenvalue weighted by Crippen LogP contribution is -2.51. The minimum Gasteiger partial charge on any atom is -0.407 e. The molecule has 2 unspecified atom stereocenters. The van der Waals surface area contributed by atoms with Gasteiger partial charge in [0.15, 0.2) is 5.92 Å². The summed E-state index contributed by atoms with van der Waals surface area (Å²) in [6.07, 6.45) is -1.05. The molecule has 1 saturated carbocycles. The molecule has 1 saturated heterocycles. The summed E-state index contributed by atoms with van der Waals surface area (Å²) >= 11 is 0. The second-order valence-electron chi connectivity index (χ2n) is 6.48. The van der Waals surface area contributed by atoms with E-state index in [9.17, 15) is 18.0 Å². The Morgan fingerprint density at radius 1 is 1.50 bits per heavy atom. The van der Waals surface area contributed by atoms with Gasteiger partial charge in [-0.3, -0.25) is 15.0 Å². The zero-order chi connectivity index (χ0) is 17.5. The predicted molar refractivity (Wildman–Crippen MR) is 76.2 cm³/mol. The Bertz CT molecular complexity index is 617. The topological polar surface area (TPSA) is 91.5 Å². The summed E-state index contributed by atoms with van der Waals surface area (Å²) in [7, 11) is 0. The van der Waals surface area contributed by atoms with Crippen LogP contribution in [0.25, 0.3) is 0 Å². The van der Waals surface area contributed by atoms with Gasteiger partial charge in [-0.05, 0) is 39.2 Å². The van der Waals surface area contributed by atoms with Crippen LogP contribution in [0.3, 0.4) is 0 Å². The number of rotatable bonds is 5. The first-order chi connectivity index (χ1) is 11.3. The number of alkyl halides is 3. The van der Waals surface area contributed by atoms with Crippen molar-refractivity contribution in [2.24, 2.45) is 0 Å². The first kappa shape index (κ1) is 17.2. The number of halogens is 3. The third kappa shape index (κ3) is 3.12. The summed E-state index contributed by atoms with van der Waals surface area (Å²) < 4.78 is 43.1. The summed E-state index contributed by atoms with van der Waals surface area (Å²) in [5, 5.41) is 18.0. The van der Waals surface area contributed by atoms with Crippen LogP contribution in [0.15, 0.2) is 4.42 Å². The number of hydrogen-bond donors (Lipinski definition) is 2. The fourth-order valence-corrected chi connectivity index (χ4v) is 3.18. The number of aromatic nitrogens is 2. The van der Waals surface area contributed by atoms with Crippen LogP contribution in [-0.2, 0) is 4.79 Å². The Hall–Kier alpha value is -1.68. The second kappa shape index (κ2) is 5.99. The highest BCUT2D eigenvalue weighted by Gasteiger charge is 2.49. The molecule has 1 aliphatic heterocycles. The van der Waals surface area contributed by atoms with E-state index in [0.717, 1.165) is 25.8 Å². The molecule has 1 aliphatic carbocycles. The van der Waals surface area contributed by atoms with Crippen LogP contribution >= 0.6 is 0 Å². The number of likely N-dealkylation sites (tertiary alicyclic amines) is 1. The smallest absolute Gasteiger partial charge is 0.402 e. The van der Waals surface area contributed by atoms with E-state index in [0.29, 0.717) is 12.5 Å². The molecule has 1 aromatic rings. The fourth-order valence-electron chi connectivity index (χ4n) is 3.18. The van der Waals surface area contributed by atoms with Gasteiger partial charge in [0, 0.05) is 6.04 Å². The van der Waals surface area contributed by atoms with E-state index in [2.05, 4.69) is 20.4 Å². The molecule has 2 N–H and O–H groups in total. The molecule has 0 spiro atoms. The lowest BCUT2D eigenvalue weighted by atomic mass is 9.97. The zero-order valence-electron chi connectivity index (χ0n) is 13.1. The minimum absolute atomic E-state index is 0.366. The molecule has 0 bridgehead atoms. The van der Waals surface area contributed by atoms with E-state index in [1.54, 1.807) is 0 Å². The molecule has 0 aromatic carbocycles. The van der Waals surface area contributed by atoms with Gasteiger partial charge in [0.25, 0.3) is 0 Å². The van der Waals surface area contributed by atoms with E-state index in [1.165, 1.54) is 0 Å². The maximum absolute atomic E-state index is 12.7. The normalized spacial score (nSPS) is 26.5. The number of nitrogens with zero attached hydrogens (tertiary/aromatic N) is 3. The number of carbonyl (C=O) groups is 1. The summed E-state index contributed by atoms with van der Waals surface area (Å²) in [4.78, 5) is 14.7. The number of anilines is 1. The molecule has 134 valence electrons. The molecule has 24 heavy (non-hydrogen) atoms. The third-order valence-electron chi connectivity index (χ3n) is 4.71. The van der Waals surface area contributed by atoms with Crippen molar-refractivity contribution < 1.29 is 27.5 Å². The molecule has 7 nitrogen and oxygen atoms in total. The summed E-state index contributed by atoms with van der Waals surface area (Å²) in [5.74, 6) is -3.40. The fraction of sp³-hybridized carbons (Fsp3) is 0.786. The van der Waals surface area contributed by atoms with Crippen molar-refractivity contribution in [3.63, 3.8) is 0 Å². The maximum Gasteiger partial charge on any atom is 0.402 e. The summed E-state index contributed by atoms with van der Waals surface area (Å²) in [6.45, 7) is 1.44. The first-order valence-corrected chi connectivity index (χ1v) is 7.85. The van der Waals surface area contributed by atoms with E-state index in [-0.39, 0.29) is 11.9 Å². The molecule has 1 aromatic heterocycles. The molecular weight excluding hydrogens is 329 g/mol. The molecule has 0 radical (unpaired) electrons. The van der Waals surface area contributed by atoms with Gasteiger partial charge < -0.3 is 9.52 Å². The Morgan fingerprint density at radius 3 is 2.79 bits per heavy atom. The molecule has 2 aliphatic rings. The van der Waals surface area contributed by atoms with Gasteiger partial charge in [-0.15, -0.1) is 5.10 Å². The molecule has 2 atom stereocenters. The lowest BCUT2D eigenvalue weighted by Gasteiger charge is -2.33. The van der Waals surface area contributed by atoms with Crippen molar-refractivity contribution in [3.8, 4) is 0 Å². The average Bonchev–Trinajstić information content (AvgIpc) is 3.10. The van der Waals surface area contributed by atoms with E-state index in [4.69, 9.17) is 9.52 Å². The van der Waals surface area contributed by atoms with Gasteiger partial charge in [-0.25, -0.2) is 0 Å². The van der Waals surface area contributed by atoms with Gasteiger partial charge in [0.1, 0.15) is 0 Å². The van der Waals surface area contributed by atoms with Crippen molar-refractivity contribution in [1.82, 2.24) is 15.1 Å².